The van der Waals surface area contributed by atoms with E-state index in [-0.39, 0.29) is 36.9 Å². The highest BCUT2D eigenvalue weighted by molar-refractivity contribution is 5.84. The second kappa shape index (κ2) is 8.73. The Bertz CT molecular complexity index is 800. The molecule has 1 saturated heterocycles. The van der Waals surface area contributed by atoms with Crippen LogP contribution in [-0.4, -0.2) is 52.3 Å². The Hall–Kier alpha value is -2.80. The summed E-state index contributed by atoms with van der Waals surface area (Å²) >= 11 is 0. The average Bonchev–Trinajstić information content (AvgIpc) is 2.80. The van der Waals surface area contributed by atoms with Gasteiger partial charge in [-0.15, -0.1) is 0 Å². The van der Waals surface area contributed by atoms with E-state index in [1.54, 1.807) is 23.2 Å². The van der Waals surface area contributed by atoms with Gasteiger partial charge in [-0.25, -0.2) is 4.39 Å². The molecule has 0 saturated carbocycles. The Kier molecular flexibility index (Phi) is 6.13. The summed E-state index contributed by atoms with van der Waals surface area (Å²) in [5.41, 5.74) is 1.47. The number of rotatable bonds is 5. The molecule has 1 atom stereocenters. The lowest BCUT2D eigenvalue weighted by molar-refractivity contribution is -0.137. The molecule has 0 spiro atoms. The fourth-order valence-electron chi connectivity index (χ4n) is 3.01. The summed E-state index contributed by atoms with van der Waals surface area (Å²) in [6, 6.07) is 11.7. The zero-order valence-corrected chi connectivity index (χ0v) is 15.2. The monoisotopic (exact) mass is 371 g/mol. The first-order chi connectivity index (χ1) is 13.0. The number of hydrogen-bond acceptors (Lipinski definition) is 4. The predicted octanol–water partition coefficient (Wildman–Crippen LogP) is 2.00. The van der Waals surface area contributed by atoms with Crippen LogP contribution in [0.15, 0.2) is 48.7 Å². The Morgan fingerprint density at radius 2 is 2.11 bits per heavy atom. The number of halogens is 1. The van der Waals surface area contributed by atoms with Crippen LogP contribution in [0.4, 0.5) is 4.39 Å². The fraction of sp³-hybridized carbons (Fsp3) is 0.350. The van der Waals surface area contributed by atoms with Crippen molar-refractivity contribution in [3.8, 4) is 0 Å². The summed E-state index contributed by atoms with van der Waals surface area (Å²) in [7, 11) is 0. The number of pyridine rings is 1. The minimum atomic E-state index is -0.368. The molecular weight excluding hydrogens is 349 g/mol. The Morgan fingerprint density at radius 1 is 1.26 bits per heavy atom. The number of amides is 2. The van der Waals surface area contributed by atoms with E-state index in [4.69, 9.17) is 4.74 Å². The van der Waals surface area contributed by atoms with Crippen molar-refractivity contribution in [2.24, 2.45) is 0 Å². The minimum absolute atomic E-state index is 0.0159. The van der Waals surface area contributed by atoms with Crippen LogP contribution in [0.5, 0.6) is 0 Å². The molecule has 6 nitrogen and oxygen atoms in total. The number of carbonyl (C=O) groups is 2. The molecule has 2 aromatic rings. The Morgan fingerprint density at radius 3 is 2.81 bits per heavy atom. The van der Waals surface area contributed by atoms with E-state index >= 15 is 0 Å². The maximum absolute atomic E-state index is 13.4. The van der Waals surface area contributed by atoms with Crippen LogP contribution in [0.25, 0.3) is 0 Å². The van der Waals surface area contributed by atoms with Gasteiger partial charge < -0.3 is 14.5 Å². The lowest BCUT2D eigenvalue weighted by Gasteiger charge is -2.24. The van der Waals surface area contributed by atoms with Crippen molar-refractivity contribution in [3.63, 3.8) is 0 Å². The van der Waals surface area contributed by atoms with Gasteiger partial charge in [0.1, 0.15) is 5.82 Å². The molecular formula is C20H22FN3O3. The molecule has 1 aromatic carbocycles. The van der Waals surface area contributed by atoms with Crippen LogP contribution >= 0.6 is 0 Å². The van der Waals surface area contributed by atoms with Crippen molar-refractivity contribution < 1.29 is 18.7 Å². The van der Waals surface area contributed by atoms with Gasteiger partial charge >= 0.3 is 0 Å². The van der Waals surface area contributed by atoms with Crippen molar-refractivity contribution >= 4 is 11.8 Å². The van der Waals surface area contributed by atoms with Gasteiger partial charge in [0.2, 0.25) is 11.8 Å². The van der Waals surface area contributed by atoms with E-state index in [1.807, 2.05) is 18.2 Å². The van der Waals surface area contributed by atoms with Crippen molar-refractivity contribution in [1.29, 1.82) is 0 Å². The zero-order chi connectivity index (χ0) is 19.2. The highest BCUT2D eigenvalue weighted by Crippen LogP contribution is 2.14. The van der Waals surface area contributed by atoms with Gasteiger partial charge in [-0.05, 0) is 29.8 Å². The van der Waals surface area contributed by atoms with Crippen LogP contribution < -0.4 is 0 Å². The van der Waals surface area contributed by atoms with Gasteiger partial charge in [-0.3, -0.25) is 14.6 Å². The normalized spacial score (nSPS) is 17.7. The number of hydrogen-bond donors (Lipinski definition) is 0. The largest absolute Gasteiger partial charge is 0.370 e. The van der Waals surface area contributed by atoms with E-state index in [0.717, 1.165) is 5.69 Å². The highest BCUT2D eigenvalue weighted by Gasteiger charge is 2.29. The fourth-order valence-corrected chi connectivity index (χ4v) is 3.01. The molecule has 0 bridgehead atoms. The van der Waals surface area contributed by atoms with Crippen LogP contribution in [0.3, 0.4) is 0 Å². The second-order valence-corrected chi connectivity index (χ2v) is 6.56. The molecule has 1 unspecified atom stereocenters. The SMILES string of the molecule is CC(=O)N1CC(=O)N(Cc2ccccn2)CC(OCc2cccc(F)c2)C1. The van der Waals surface area contributed by atoms with Crippen molar-refractivity contribution in [1.82, 2.24) is 14.8 Å². The smallest absolute Gasteiger partial charge is 0.242 e. The van der Waals surface area contributed by atoms with Gasteiger partial charge in [-0.2, -0.15) is 0 Å². The first kappa shape index (κ1) is 19.0. The Labute approximate surface area is 157 Å². The van der Waals surface area contributed by atoms with Crippen LogP contribution in [0.2, 0.25) is 0 Å². The van der Waals surface area contributed by atoms with Gasteiger partial charge in [0.25, 0.3) is 0 Å². The first-order valence-corrected chi connectivity index (χ1v) is 8.80. The molecule has 1 aliphatic heterocycles. The summed E-state index contributed by atoms with van der Waals surface area (Å²) in [6.45, 7) is 2.67. The van der Waals surface area contributed by atoms with Crippen molar-refractivity contribution in [2.45, 2.75) is 26.2 Å². The molecule has 0 radical (unpaired) electrons. The molecule has 1 aromatic heterocycles. The predicted molar refractivity (Wildman–Crippen MR) is 96.9 cm³/mol. The molecule has 142 valence electrons. The van der Waals surface area contributed by atoms with Gasteiger partial charge in [0, 0.05) is 26.2 Å². The second-order valence-electron chi connectivity index (χ2n) is 6.56. The van der Waals surface area contributed by atoms with Crippen LogP contribution in [0.1, 0.15) is 18.2 Å². The quantitative estimate of drug-likeness (QED) is 0.807. The third kappa shape index (κ3) is 5.34. The molecule has 1 fully saturated rings. The van der Waals surface area contributed by atoms with E-state index in [1.165, 1.54) is 24.0 Å². The molecule has 0 aliphatic carbocycles. The van der Waals surface area contributed by atoms with Crippen molar-refractivity contribution in [2.75, 3.05) is 19.6 Å². The van der Waals surface area contributed by atoms with Gasteiger partial charge in [0.15, 0.2) is 0 Å². The standard InChI is InChI=1S/C20H22FN3O3/c1-15(25)23-11-19(27-14-16-5-4-6-17(21)9-16)12-24(20(26)13-23)10-18-7-2-3-8-22-18/h2-9,19H,10-14H2,1H3. The number of benzene rings is 1. The van der Waals surface area contributed by atoms with Crippen LogP contribution in [0, 0.1) is 5.82 Å². The van der Waals surface area contributed by atoms with Crippen LogP contribution in [-0.2, 0) is 27.5 Å². The maximum atomic E-state index is 13.4. The maximum Gasteiger partial charge on any atom is 0.242 e. The third-order valence-corrected chi connectivity index (χ3v) is 4.43. The van der Waals surface area contributed by atoms with E-state index in [2.05, 4.69) is 4.98 Å². The molecule has 27 heavy (non-hydrogen) atoms. The van der Waals surface area contributed by atoms with Crippen molar-refractivity contribution in [3.05, 3.63) is 65.7 Å². The summed E-state index contributed by atoms with van der Waals surface area (Å²) in [5, 5.41) is 0. The van der Waals surface area contributed by atoms with E-state index < -0.39 is 0 Å². The van der Waals surface area contributed by atoms with E-state index in [0.29, 0.717) is 25.2 Å². The lowest BCUT2D eigenvalue weighted by Crippen LogP contribution is -2.38. The minimum Gasteiger partial charge on any atom is -0.370 e. The highest BCUT2D eigenvalue weighted by atomic mass is 19.1. The molecule has 2 amide bonds. The summed E-state index contributed by atoms with van der Waals surface area (Å²) in [6.07, 6.45) is 1.31. The summed E-state index contributed by atoms with van der Waals surface area (Å²) in [5.74, 6) is -0.649. The average molecular weight is 371 g/mol. The summed E-state index contributed by atoms with van der Waals surface area (Å²) in [4.78, 5) is 31.9. The van der Waals surface area contributed by atoms with E-state index in [9.17, 15) is 14.0 Å². The number of aromatic nitrogens is 1. The number of ether oxygens (including phenoxy) is 1. The number of carbonyl (C=O) groups excluding carboxylic acids is 2. The Balaban J connectivity index is 1.71. The molecule has 7 heteroatoms. The molecule has 3 rings (SSSR count). The van der Waals surface area contributed by atoms with Gasteiger partial charge in [-0.1, -0.05) is 18.2 Å². The van der Waals surface area contributed by atoms with Gasteiger partial charge in [0.05, 0.1) is 31.5 Å². The zero-order valence-electron chi connectivity index (χ0n) is 15.2. The third-order valence-electron chi connectivity index (χ3n) is 4.43. The molecule has 2 heterocycles. The summed E-state index contributed by atoms with van der Waals surface area (Å²) < 4.78 is 19.3. The molecule has 0 N–H and O–H groups in total. The number of nitrogens with zero attached hydrogens (tertiary/aromatic N) is 3. The topological polar surface area (TPSA) is 62.7 Å². The first-order valence-electron chi connectivity index (χ1n) is 8.80. The molecule has 1 aliphatic rings. The lowest BCUT2D eigenvalue weighted by atomic mass is 10.2.